The molecule has 0 saturated heterocycles. The molecule has 0 radical (unpaired) electrons. The first-order valence-corrected chi connectivity index (χ1v) is 11.3. The van der Waals surface area contributed by atoms with Crippen LogP contribution in [0.2, 0.25) is 0 Å². The highest BCUT2D eigenvalue weighted by molar-refractivity contribution is 9.13. The Hall–Kier alpha value is -3.18. The van der Waals surface area contributed by atoms with E-state index in [1.807, 2.05) is 30.3 Å². The summed E-state index contributed by atoms with van der Waals surface area (Å²) >= 11 is 7.32. The number of fused-ring (bicyclic) bond motifs is 8. The van der Waals surface area contributed by atoms with Crippen molar-refractivity contribution in [3.63, 3.8) is 0 Å². The fourth-order valence-corrected chi connectivity index (χ4v) is 5.40. The highest BCUT2D eigenvalue weighted by Gasteiger charge is 2.29. The zero-order valence-electron chi connectivity index (χ0n) is 16.2. The van der Waals surface area contributed by atoms with E-state index < -0.39 is 5.92 Å². The van der Waals surface area contributed by atoms with Crippen molar-refractivity contribution in [2.45, 2.75) is 5.92 Å². The van der Waals surface area contributed by atoms with Crippen LogP contribution in [-0.2, 0) is 0 Å². The molecule has 4 aromatic rings. The summed E-state index contributed by atoms with van der Waals surface area (Å²) in [6.45, 7) is 0. The summed E-state index contributed by atoms with van der Waals surface area (Å²) in [6, 6.07) is 31.4. The zero-order valence-corrected chi connectivity index (χ0v) is 19.4. The van der Waals surface area contributed by atoms with E-state index in [1.54, 1.807) is 0 Å². The molecule has 4 heteroatoms. The maximum Gasteiger partial charge on any atom is 0.160 e. The molecule has 0 atom stereocenters. The van der Waals surface area contributed by atoms with Crippen molar-refractivity contribution in [1.29, 1.82) is 10.5 Å². The highest BCUT2D eigenvalue weighted by Crippen LogP contribution is 2.52. The van der Waals surface area contributed by atoms with Crippen molar-refractivity contribution in [3.8, 4) is 56.6 Å². The molecule has 4 aromatic carbocycles. The quantitative estimate of drug-likeness (QED) is 0.221. The molecule has 0 N–H and O–H groups in total. The Morgan fingerprint density at radius 3 is 1.42 bits per heavy atom. The summed E-state index contributed by atoms with van der Waals surface area (Å²) in [5.41, 5.74) is 9.19. The molecule has 2 nitrogen and oxygen atoms in total. The number of halogens is 2. The smallest absolute Gasteiger partial charge is 0.160 e. The predicted octanol–water partition coefficient (Wildman–Crippen LogP) is 8.32. The van der Waals surface area contributed by atoms with Gasteiger partial charge in [0, 0.05) is 14.5 Å². The topological polar surface area (TPSA) is 47.6 Å². The number of nitriles is 2. The van der Waals surface area contributed by atoms with Gasteiger partial charge in [0.05, 0.1) is 12.1 Å². The summed E-state index contributed by atoms with van der Waals surface area (Å²) in [6.07, 6.45) is 0. The SMILES string of the molecule is N#CC(C#N)c1c(Br)c(Br)cc2c1-c1ccccc1-c1ccccc1-c1ccccc1-2. The molecular formula is C27H14Br2N2. The van der Waals surface area contributed by atoms with Crippen LogP contribution in [0.5, 0.6) is 0 Å². The monoisotopic (exact) mass is 524 g/mol. The van der Waals surface area contributed by atoms with Gasteiger partial charge < -0.3 is 0 Å². The van der Waals surface area contributed by atoms with Crippen LogP contribution >= 0.6 is 31.9 Å². The van der Waals surface area contributed by atoms with E-state index in [4.69, 9.17) is 0 Å². The van der Waals surface area contributed by atoms with Gasteiger partial charge in [-0.05, 0) is 82.4 Å². The first-order chi connectivity index (χ1) is 15.2. The van der Waals surface area contributed by atoms with Crippen LogP contribution in [0.1, 0.15) is 11.5 Å². The fraction of sp³-hybridized carbons (Fsp3) is 0.0370. The molecule has 1 aliphatic carbocycles. The molecular weight excluding hydrogens is 512 g/mol. The fourth-order valence-electron chi connectivity index (χ4n) is 4.42. The third-order valence-corrected chi connectivity index (χ3v) is 7.74. The summed E-state index contributed by atoms with van der Waals surface area (Å²) in [7, 11) is 0. The van der Waals surface area contributed by atoms with Crippen LogP contribution in [0.4, 0.5) is 0 Å². The van der Waals surface area contributed by atoms with Gasteiger partial charge in [-0.15, -0.1) is 0 Å². The van der Waals surface area contributed by atoms with Crippen LogP contribution in [0.15, 0.2) is 87.8 Å². The van der Waals surface area contributed by atoms with E-state index in [2.05, 4.69) is 92.5 Å². The minimum Gasteiger partial charge on any atom is -0.196 e. The molecule has 1 aliphatic rings. The average molecular weight is 526 g/mol. The molecule has 0 aromatic heterocycles. The summed E-state index contributed by atoms with van der Waals surface area (Å²) in [5.74, 6) is -0.907. The molecule has 0 fully saturated rings. The highest BCUT2D eigenvalue weighted by atomic mass is 79.9. The standard InChI is InChI=1S/C27H14Br2N2/c28-24-13-23-21-11-4-3-9-19(21)17-7-1-2-8-18(17)20-10-5-6-12-22(20)26(23)25(27(24)29)16(14-30)15-31/h1-13,16H. The largest absolute Gasteiger partial charge is 0.196 e. The molecule has 0 spiro atoms. The van der Waals surface area contributed by atoms with Crippen LogP contribution in [0, 0.1) is 22.7 Å². The Morgan fingerprint density at radius 1 is 0.581 bits per heavy atom. The second-order valence-corrected chi connectivity index (χ2v) is 8.98. The normalized spacial score (nSPS) is 11.1. The van der Waals surface area contributed by atoms with E-state index in [1.165, 1.54) is 0 Å². The lowest BCUT2D eigenvalue weighted by atomic mass is 9.78. The number of benzene rings is 4. The van der Waals surface area contributed by atoms with E-state index in [0.29, 0.717) is 5.56 Å². The first kappa shape index (κ1) is 19.8. The van der Waals surface area contributed by atoms with E-state index in [-0.39, 0.29) is 0 Å². The molecule has 0 saturated carbocycles. The number of hydrogen-bond donors (Lipinski definition) is 0. The Bertz CT molecular complexity index is 1430. The van der Waals surface area contributed by atoms with Gasteiger partial charge in [-0.2, -0.15) is 10.5 Å². The molecule has 0 amide bonds. The molecule has 0 heterocycles. The van der Waals surface area contributed by atoms with Gasteiger partial charge in [-0.3, -0.25) is 0 Å². The second-order valence-electron chi connectivity index (χ2n) is 7.34. The van der Waals surface area contributed by atoms with Gasteiger partial charge in [0.2, 0.25) is 0 Å². The molecule has 31 heavy (non-hydrogen) atoms. The molecule has 5 rings (SSSR count). The zero-order chi connectivity index (χ0) is 21.5. The number of nitrogens with zero attached hydrogens (tertiary/aromatic N) is 2. The lowest BCUT2D eigenvalue weighted by Crippen LogP contribution is -2.04. The van der Waals surface area contributed by atoms with E-state index in [9.17, 15) is 10.5 Å². The molecule has 0 unspecified atom stereocenters. The summed E-state index contributed by atoms with van der Waals surface area (Å²) in [5, 5.41) is 19.6. The third kappa shape index (κ3) is 3.03. The van der Waals surface area contributed by atoms with Gasteiger partial charge >= 0.3 is 0 Å². The maximum atomic E-state index is 9.81. The minimum absolute atomic E-state index is 0.691. The van der Waals surface area contributed by atoms with Crippen LogP contribution in [0.3, 0.4) is 0 Å². The Morgan fingerprint density at radius 2 is 0.968 bits per heavy atom. The van der Waals surface area contributed by atoms with Gasteiger partial charge in [0.1, 0.15) is 0 Å². The average Bonchev–Trinajstić information content (AvgIpc) is 2.81. The van der Waals surface area contributed by atoms with Crippen molar-refractivity contribution in [1.82, 2.24) is 0 Å². The molecule has 146 valence electrons. The second kappa shape index (κ2) is 7.82. The summed E-state index contributed by atoms with van der Waals surface area (Å²) < 4.78 is 1.55. The van der Waals surface area contributed by atoms with E-state index >= 15 is 0 Å². The lowest BCUT2D eigenvalue weighted by Gasteiger charge is -2.26. The first-order valence-electron chi connectivity index (χ1n) is 9.75. The van der Waals surface area contributed by atoms with Gasteiger partial charge in [-0.1, -0.05) is 72.8 Å². The van der Waals surface area contributed by atoms with Crippen molar-refractivity contribution in [3.05, 3.63) is 93.4 Å². The molecule has 0 aliphatic heterocycles. The minimum atomic E-state index is -0.907. The lowest BCUT2D eigenvalue weighted by molar-refractivity contribution is 1.09. The third-order valence-electron chi connectivity index (χ3n) is 5.72. The van der Waals surface area contributed by atoms with Gasteiger partial charge in [0.25, 0.3) is 0 Å². The Labute approximate surface area is 197 Å². The number of rotatable bonds is 1. The Kier molecular flexibility index (Phi) is 4.98. The number of hydrogen-bond acceptors (Lipinski definition) is 2. The van der Waals surface area contributed by atoms with Crippen LogP contribution in [-0.4, -0.2) is 0 Å². The van der Waals surface area contributed by atoms with Crippen molar-refractivity contribution in [2.75, 3.05) is 0 Å². The van der Waals surface area contributed by atoms with Crippen LogP contribution < -0.4 is 0 Å². The van der Waals surface area contributed by atoms with E-state index in [0.717, 1.165) is 53.5 Å². The van der Waals surface area contributed by atoms with Gasteiger partial charge in [0.15, 0.2) is 5.92 Å². The van der Waals surface area contributed by atoms with Crippen LogP contribution in [0.25, 0.3) is 44.5 Å². The molecule has 0 bridgehead atoms. The van der Waals surface area contributed by atoms with Crippen molar-refractivity contribution in [2.24, 2.45) is 0 Å². The van der Waals surface area contributed by atoms with Gasteiger partial charge in [-0.25, -0.2) is 0 Å². The Balaban J connectivity index is 2.06. The summed E-state index contributed by atoms with van der Waals surface area (Å²) in [4.78, 5) is 0. The maximum absolute atomic E-state index is 9.81. The van der Waals surface area contributed by atoms with Crippen molar-refractivity contribution < 1.29 is 0 Å². The predicted molar refractivity (Wildman–Crippen MR) is 131 cm³/mol. The van der Waals surface area contributed by atoms with Crippen molar-refractivity contribution >= 4 is 31.9 Å².